The van der Waals surface area contributed by atoms with Gasteiger partial charge in [-0.3, -0.25) is 4.98 Å². The molecule has 0 bridgehead atoms. The Kier molecular flexibility index (Phi) is 4.74. The number of methoxy groups -OCH3 is 1. The highest BCUT2D eigenvalue weighted by molar-refractivity contribution is 9.10. The van der Waals surface area contributed by atoms with E-state index < -0.39 is 0 Å². The van der Waals surface area contributed by atoms with Gasteiger partial charge in [0.25, 0.3) is 0 Å². The molecular formula is C15H15BrN2O2. The molecule has 0 unspecified atom stereocenters. The van der Waals surface area contributed by atoms with Gasteiger partial charge in [0.1, 0.15) is 0 Å². The molecule has 2 aromatic rings. The number of ether oxygens (including phenoxy) is 1. The van der Waals surface area contributed by atoms with Crippen LogP contribution in [0.5, 0.6) is 0 Å². The predicted octanol–water partition coefficient (Wildman–Crippen LogP) is 3.55. The van der Waals surface area contributed by atoms with Gasteiger partial charge in [-0.2, -0.15) is 0 Å². The van der Waals surface area contributed by atoms with Crippen LogP contribution in [0.25, 0.3) is 0 Å². The van der Waals surface area contributed by atoms with E-state index in [1.807, 2.05) is 31.2 Å². The van der Waals surface area contributed by atoms with Crippen LogP contribution < -0.4 is 5.32 Å². The summed E-state index contributed by atoms with van der Waals surface area (Å²) in [5.74, 6) is -0.375. The number of nitrogens with one attached hydrogen (secondary N) is 1. The molecule has 2 rings (SSSR count). The number of halogens is 1. The summed E-state index contributed by atoms with van der Waals surface area (Å²) in [4.78, 5) is 15.5. The van der Waals surface area contributed by atoms with Gasteiger partial charge in [-0.15, -0.1) is 0 Å². The SMILES string of the molecule is COC(=O)c1ccc(CNc2ccc(C)c(Br)c2)nc1. The van der Waals surface area contributed by atoms with Crippen LogP contribution in [0.3, 0.4) is 0 Å². The molecule has 0 fully saturated rings. The standard InChI is InChI=1S/C15H15BrN2O2/c1-10-3-5-12(7-14(10)16)18-9-13-6-4-11(8-17-13)15(19)20-2/h3-8,18H,9H2,1-2H3. The minimum Gasteiger partial charge on any atom is -0.465 e. The average molecular weight is 335 g/mol. The second kappa shape index (κ2) is 6.52. The van der Waals surface area contributed by atoms with Crippen molar-refractivity contribution in [1.29, 1.82) is 0 Å². The third-order valence-electron chi connectivity index (χ3n) is 2.89. The molecule has 1 N–H and O–H groups in total. The van der Waals surface area contributed by atoms with Gasteiger partial charge in [0.15, 0.2) is 0 Å². The summed E-state index contributed by atoms with van der Waals surface area (Å²) in [6, 6.07) is 9.60. The van der Waals surface area contributed by atoms with Crippen molar-refractivity contribution in [3.8, 4) is 0 Å². The lowest BCUT2D eigenvalue weighted by atomic mass is 10.2. The molecule has 0 atom stereocenters. The van der Waals surface area contributed by atoms with Crippen LogP contribution in [-0.2, 0) is 11.3 Å². The minimum absolute atomic E-state index is 0.375. The first-order valence-electron chi connectivity index (χ1n) is 6.13. The van der Waals surface area contributed by atoms with E-state index in [1.54, 1.807) is 6.07 Å². The van der Waals surface area contributed by atoms with E-state index in [4.69, 9.17) is 0 Å². The Labute approximate surface area is 126 Å². The summed E-state index contributed by atoms with van der Waals surface area (Å²) >= 11 is 3.50. The van der Waals surface area contributed by atoms with Crippen LogP contribution in [0.2, 0.25) is 0 Å². The van der Waals surface area contributed by atoms with Crippen LogP contribution in [-0.4, -0.2) is 18.1 Å². The van der Waals surface area contributed by atoms with Crippen LogP contribution >= 0.6 is 15.9 Å². The van der Waals surface area contributed by atoms with E-state index in [0.717, 1.165) is 15.9 Å². The van der Waals surface area contributed by atoms with Crippen molar-refractivity contribution in [2.75, 3.05) is 12.4 Å². The summed E-state index contributed by atoms with van der Waals surface area (Å²) in [5.41, 5.74) is 3.51. The fourth-order valence-electron chi connectivity index (χ4n) is 1.66. The van der Waals surface area contributed by atoms with Gasteiger partial charge in [-0.1, -0.05) is 22.0 Å². The van der Waals surface area contributed by atoms with Gasteiger partial charge < -0.3 is 10.1 Å². The molecule has 0 radical (unpaired) electrons. The Morgan fingerprint density at radius 2 is 2.15 bits per heavy atom. The van der Waals surface area contributed by atoms with Crippen LogP contribution in [0.4, 0.5) is 5.69 Å². The first kappa shape index (κ1) is 14.5. The highest BCUT2D eigenvalue weighted by Crippen LogP contribution is 2.20. The maximum Gasteiger partial charge on any atom is 0.339 e. The molecule has 1 aromatic heterocycles. The monoisotopic (exact) mass is 334 g/mol. The van der Waals surface area contributed by atoms with Crippen molar-refractivity contribution in [3.05, 3.63) is 57.8 Å². The zero-order chi connectivity index (χ0) is 14.5. The lowest BCUT2D eigenvalue weighted by Gasteiger charge is -2.08. The Hall–Kier alpha value is -1.88. The number of benzene rings is 1. The summed E-state index contributed by atoms with van der Waals surface area (Å²) in [7, 11) is 1.35. The topological polar surface area (TPSA) is 51.2 Å². The Morgan fingerprint density at radius 1 is 1.35 bits per heavy atom. The van der Waals surface area contributed by atoms with E-state index in [1.165, 1.54) is 18.9 Å². The summed E-state index contributed by atoms with van der Waals surface area (Å²) in [6.45, 7) is 2.64. The van der Waals surface area contributed by atoms with Crippen LogP contribution in [0.15, 0.2) is 41.0 Å². The van der Waals surface area contributed by atoms with Gasteiger partial charge in [-0.05, 0) is 36.8 Å². The lowest BCUT2D eigenvalue weighted by Crippen LogP contribution is -2.05. The average Bonchev–Trinajstić information content (AvgIpc) is 2.48. The Bertz CT molecular complexity index is 612. The number of carbonyl (C=O) groups excluding carboxylic acids is 1. The molecule has 0 saturated heterocycles. The van der Waals surface area contributed by atoms with E-state index in [0.29, 0.717) is 12.1 Å². The van der Waals surface area contributed by atoms with Gasteiger partial charge in [0.2, 0.25) is 0 Å². The highest BCUT2D eigenvalue weighted by atomic mass is 79.9. The molecule has 1 heterocycles. The first-order chi connectivity index (χ1) is 9.60. The maximum atomic E-state index is 11.3. The van der Waals surface area contributed by atoms with Gasteiger partial charge in [0.05, 0.1) is 24.9 Å². The molecule has 0 amide bonds. The smallest absolute Gasteiger partial charge is 0.339 e. The van der Waals surface area contributed by atoms with Crippen LogP contribution in [0.1, 0.15) is 21.6 Å². The number of pyridine rings is 1. The normalized spacial score (nSPS) is 10.2. The molecule has 20 heavy (non-hydrogen) atoms. The number of nitrogens with zero attached hydrogens (tertiary/aromatic N) is 1. The first-order valence-corrected chi connectivity index (χ1v) is 6.92. The summed E-state index contributed by atoms with van der Waals surface area (Å²) in [6.07, 6.45) is 1.52. The zero-order valence-electron chi connectivity index (χ0n) is 11.3. The number of anilines is 1. The van der Waals surface area contributed by atoms with E-state index >= 15 is 0 Å². The number of hydrogen-bond acceptors (Lipinski definition) is 4. The summed E-state index contributed by atoms with van der Waals surface area (Å²) < 4.78 is 5.70. The molecule has 0 spiro atoms. The molecule has 5 heteroatoms. The fourth-order valence-corrected chi connectivity index (χ4v) is 2.04. The number of rotatable bonds is 4. The number of hydrogen-bond donors (Lipinski definition) is 1. The zero-order valence-corrected chi connectivity index (χ0v) is 12.9. The molecule has 1 aromatic carbocycles. The lowest BCUT2D eigenvalue weighted by molar-refractivity contribution is 0.0600. The van der Waals surface area contributed by atoms with Crippen molar-refractivity contribution < 1.29 is 9.53 Å². The van der Waals surface area contributed by atoms with E-state index in [9.17, 15) is 4.79 Å². The highest BCUT2D eigenvalue weighted by Gasteiger charge is 2.05. The minimum atomic E-state index is -0.375. The Balaban J connectivity index is 2.00. The van der Waals surface area contributed by atoms with E-state index in [2.05, 4.69) is 31.0 Å². The summed E-state index contributed by atoms with van der Waals surface area (Å²) in [5, 5.41) is 3.28. The maximum absolute atomic E-state index is 11.3. The number of esters is 1. The van der Waals surface area contributed by atoms with E-state index in [-0.39, 0.29) is 5.97 Å². The molecule has 0 saturated carbocycles. The van der Waals surface area contributed by atoms with Crippen molar-refractivity contribution in [2.24, 2.45) is 0 Å². The van der Waals surface area contributed by atoms with Gasteiger partial charge in [-0.25, -0.2) is 4.79 Å². The molecule has 0 aliphatic carbocycles. The fraction of sp³-hybridized carbons (Fsp3) is 0.200. The number of aryl methyl sites for hydroxylation is 1. The van der Waals surface area contributed by atoms with Crippen molar-refractivity contribution in [3.63, 3.8) is 0 Å². The number of aromatic nitrogens is 1. The Morgan fingerprint density at radius 3 is 2.75 bits per heavy atom. The molecule has 0 aliphatic rings. The third-order valence-corrected chi connectivity index (χ3v) is 3.75. The third kappa shape index (κ3) is 3.57. The molecular weight excluding hydrogens is 320 g/mol. The van der Waals surface area contributed by atoms with Crippen LogP contribution in [0, 0.1) is 6.92 Å². The van der Waals surface area contributed by atoms with Gasteiger partial charge >= 0.3 is 5.97 Å². The second-order valence-electron chi connectivity index (χ2n) is 4.35. The largest absolute Gasteiger partial charge is 0.465 e. The van der Waals surface area contributed by atoms with Crippen molar-refractivity contribution in [1.82, 2.24) is 4.98 Å². The van der Waals surface area contributed by atoms with Gasteiger partial charge in [0, 0.05) is 16.4 Å². The number of carbonyl (C=O) groups is 1. The molecule has 104 valence electrons. The molecule has 0 aliphatic heterocycles. The molecule has 4 nitrogen and oxygen atoms in total. The van der Waals surface area contributed by atoms with Crippen molar-refractivity contribution >= 4 is 27.6 Å². The van der Waals surface area contributed by atoms with Crippen molar-refractivity contribution in [2.45, 2.75) is 13.5 Å². The predicted molar refractivity (Wildman–Crippen MR) is 81.8 cm³/mol. The quantitative estimate of drug-likeness (QED) is 0.868. The second-order valence-corrected chi connectivity index (χ2v) is 5.20.